The van der Waals surface area contributed by atoms with Crippen molar-refractivity contribution in [2.45, 2.75) is 44.4 Å². The maximum Gasteiger partial charge on any atom is 0.185 e. The van der Waals surface area contributed by atoms with Crippen LogP contribution in [0.1, 0.15) is 97.0 Å². The average molecular weight is 657 g/mol. The monoisotopic (exact) mass is 656 g/mol. The van der Waals surface area contributed by atoms with Gasteiger partial charge in [-0.05, 0) is 83.9 Å². The summed E-state index contributed by atoms with van der Waals surface area (Å²) in [6.07, 6.45) is -3.25. The van der Waals surface area contributed by atoms with Crippen molar-refractivity contribution < 1.29 is 58.2 Å². The van der Waals surface area contributed by atoms with E-state index < -0.39 is 37.3 Å². The van der Waals surface area contributed by atoms with Crippen LogP contribution >= 0.6 is 0 Å². The fourth-order valence-electron chi connectivity index (χ4n) is 5.48. The lowest BCUT2D eigenvalue weighted by atomic mass is 9.94. The first-order valence-corrected chi connectivity index (χ1v) is 14.9. The fraction of sp³-hybridized carbons (Fsp3) is 0.194. The number of aromatic hydroxyl groups is 2. The molecule has 0 aliphatic heterocycles. The number of furan rings is 4. The fourth-order valence-corrected chi connectivity index (χ4v) is 5.48. The van der Waals surface area contributed by atoms with Crippen LogP contribution < -0.4 is 0 Å². The van der Waals surface area contributed by atoms with E-state index >= 15 is 0 Å². The van der Waals surface area contributed by atoms with E-state index in [-0.39, 0.29) is 64.3 Å². The molecule has 12 nitrogen and oxygen atoms in total. The van der Waals surface area contributed by atoms with Gasteiger partial charge in [0.2, 0.25) is 0 Å². The highest BCUT2D eigenvalue weighted by Crippen LogP contribution is 2.40. The molecule has 0 saturated carbocycles. The molecule has 2 aromatic carbocycles. The molecule has 0 bridgehead atoms. The van der Waals surface area contributed by atoms with E-state index in [1.165, 1.54) is 48.5 Å². The molecule has 248 valence electrons. The number of carbonyl (C=O) groups excluding carboxylic acids is 1. The van der Waals surface area contributed by atoms with Gasteiger partial charge < -0.3 is 53.4 Å². The largest absolute Gasteiger partial charge is 0.508 e. The number of carbonyl (C=O) groups is 1. The van der Waals surface area contributed by atoms with Crippen LogP contribution in [-0.4, -0.2) is 42.0 Å². The number of rotatable bonds is 13. The molecular formula is C36H32O12. The van der Waals surface area contributed by atoms with Gasteiger partial charge in [-0.1, -0.05) is 6.07 Å². The topological polar surface area (TPSA) is 211 Å². The van der Waals surface area contributed by atoms with Crippen molar-refractivity contribution in [1.29, 1.82) is 0 Å². The predicted octanol–water partition coefficient (Wildman–Crippen LogP) is 4.69. The number of aldehydes is 1. The Morgan fingerprint density at radius 2 is 1.10 bits per heavy atom. The quantitative estimate of drug-likeness (QED) is 0.0844. The van der Waals surface area contributed by atoms with Crippen LogP contribution in [-0.2, 0) is 26.1 Å². The van der Waals surface area contributed by atoms with Crippen LogP contribution in [0.25, 0.3) is 0 Å². The number of aliphatic hydroxyl groups is 5. The Hall–Kier alpha value is -5.37. The molecule has 6 rings (SSSR count). The van der Waals surface area contributed by atoms with Crippen molar-refractivity contribution in [1.82, 2.24) is 0 Å². The molecule has 3 atom stereocenters. The third-order valence-electron chi connectivity index (χ3n) is 7.95. The molecule has 0 radical (unpaired) electrons. The molecule has 0 amide bonds. The Bertz CT molecular complexity index is 1960. The molecule has 4 heterocycles. The van der Waals surface area contributed by atoms with Gasteiger partial charge in [0.25, 0.3) is 0 Å². The number of aliphatic hydroxyl groups excluding tert-OH is 5. The second-order valence-electron chi connectivity index (χ2n) is 11.2. The lowest BCUT2D eigenvalue weighted by molar-refractivity contribution is 0.109. The van der Waals surface area contributed by atoms with Gasteiger partial charge >= 0.3 is 0 Å². The van der Waals surface area contributed by atoms with E-state index in [1.54, 1.807) is 30.3 Å². The van der Waals surface area contributed by atoms with Crippen molar-refractivity contribution in [3.05, 3.63) is 153 Å². The molecule has 0 aliphatic carbocycles. The number of hydrogen-bond donors (Lipinski definition) is 7. The molecule has 3 unspecified atom stereocenters. The van der Waals surface area contributed by atoms with Crippen molar-refractivity contribution in [2.24, 2.45) is 0 Å². The molecule has 0 spiro atoms. The standard InChI is InChI=1S/C36H32O12/c37-16-24-3-2-23(45-24)15-21-14-20(1-7-29(21)40)33(41)30-8-4-22(46-30)11-19-12-27(35(43)31-9-5-25(17-38)47-31)34(42)28(13-19)36(44)32-10-6-26(18-39)48-32/h1-10,12-14,16,33,35-36,38-44H,11,15,17-18H2. The number of phenols is 2. The molecule has 12 heteroatoms. The first-order chi connectivity index (χ1) is 23.2. The summed E-state index contributed by atoms with van der Waals surface area (Å²) in [5.74, 6) is 1.35. The Kier molecular flexibility index (Phi) is 9.35. The zero-order chi connectivity index (χ0) is 33.9. The summed E-state index contributed by atoms with van der Waals surface area (Å²) in [5.41, 5.74) is 1.43. The highest BCUT2D eigenvalue weighted by molar-refractivity contribution is 5.70. The van der Waals surface area contributed by atoms with Crippen molar-refractivity contribution in [3.8, 4) is 11.5 Å². The van der Waals surface area contributed by atoms with Gasteiger partial charge in [-0.15, -0.1) is 0 Å². The lowest BCUT2D eigenvalue weighted by Crippen LogP contribution is -2.06. The van der Waals surface area contributed by atoms with Crippen LogP contribution in [0.2, 0.25) is 0 Å². The van der Waals surface area contributed by atoms with Gasteiger partial charge in [-0.2, -0.15) is 0 Å². The lowest BCUT2D eigenvalue weighted by Gasteiger charge is -2.18. The molecule has 0 aliphatic rings. The Morgan fingerprint density at radius 1 is 0.583 bits per heavy atom. The predicted molar refractivity (Wildman–Crippen MR) is 166 cm³/mol. The van der Waals surface area contributed by atoms with Gasteiger partial charge in [-0.25, -0.2) is 0 Å². The Balaban J connectivity index is 1.29. The minimum absolute atomic E-state index is 0.00887. The highest BCUT2D eigenvalue weighted by Gasteiger charge is 2.27. The van der Waals surface area contributed by atoms with Crippen molar-refractivity contribution >= 4 is 6.29 Å². The van der Waals surface area contributed by atoms with Crippen LogP contribution in [0.15, 0.2) is 96.5 Å². The maximum atomic E-state index is 11.2. The van der Waals surface area contributed by atoms with E-state index in [9.17, 15) is 40.5 Å². The SMILES string of the molecule is O=Cc1ccc(Cc2cc(C(O)c3ccc(Cc4cc(C(O)c5ccc(CO)o5)c(O)c(C(O)c5ccc(CO)o5)c4)o3)ccc2O)o1. The number of phenolic OH excluding ortho intramolecular Hbond substituents is 2. The summed E-state index contributed by atoms with van der Waals surface area (Å²) in [6.45, 7) is -0.780. The van der Waals surface area contributed by atoms with Gasteiger partial charge in [0.1, 0.15) is 83.3 Å². The zero-order valence-electron chi connectivity index (χ0n) is 25.3. The normalized spacial score (nSPS) is 13.4. The third kappa shape index (κ3) is 6.69. The summed E-state index contributed by atoms with van der Waals surface area (Å²) in [5, 5.41) is 73.9. The smallest absolute Gasteiger partial charge is 0.185 e. The number of hydrogen-bond acceptors (Lipinski definition) is 12. The molecule has 0 saturated heterocycles. The minimum Gasteiger partial charge on any atom is -0.508 e. The van der Waals surface area contributed by atoms with Crippen LogP contribution in [0, 0.1) is 0 Å². The van der Waals surface area contributed by atoms with E-state index in [1.807, 2.05) is 0 Å². The zero-order valence-corrected chi connectivity index (χ0v) is 25.3. The van der Waals surface area contributed by atoms with E-state index in [2.05, 4.69) is 0 Å². The van der Waals surface area contributed by atoms with Gasteiger partial charge in [0, 0.05) is 29.5 Å². The molecule has 7 N–H and O–H groups in total. The van der Waals surface area contributed by atoms with Gasteiger partial charge in [-0.3, -0.25) is 4.79 Å². The summed E-state index contributed by atoms with van der Waals surface area (Å²) < 4.78 is 22.4. The van der Waals surface area contributed by atoms with Crippen molar-refractivity contribution in [3.63, 3.8) is 0 Å². The summed E-state index contributed by atoms with van der Waals surface area (Å²) in [6, 6.07) is 20.0. The van der Waals surface area contributed by atoms with Gasteiger partial charge in [0.05, 0.1) is 0 Å². The first kappa shape index (κ1) is 32.6. The highest BCUT2D eigenvalue weighted by atomic mass is 16.4. The second kappa shape index (κ2) is 13.8. The van der Waals surface area contributed by atoms with Crippen LogP contribution in [0.3, 0.4) is 0 Å². The first-order valence-electron chi connectivity index (χ1n) is 14.9. The Morgan fingerprint density at radius 3 is 1.65 bits per heavy atom. The van der Waals surface area contributed by atoms with Crippen LogP contribution in [0.5, 0.6) is 11.5 Å². The summed E-state index contributed by atoms with van der Waals surface area (Å²) in [7, 11) is 0. The molecule has 0 fully saturated rings. The number of benzene rings is 2. The molecule has 4 aromatic heterocycles. The third-order valence-corrected chi connectivity index (χ3v) is 7.95. The molecule has 48 heavy (non-hydrogen) atoms. The molecular weight excluding hydrogens is 624 g/mol. The summed E-state index contributed by atoms with van der Waals surface area (Å²) >= 11 is 0. The second-order valence-corrected chi connectivity index (χ2v) is 11.2. The Labute approximate surface area is 273 Å². The van der Waals surface area contributed by atoms with Gasteiger partial charge in [0.15, 0.2) is 12.0 Å². The van der Waals surface area contributed by atoms with Crippen LogP contribution in [0.4, 0.5) is 0 Å². The summed E-state index contributed by atoms with van der Waals surface area (Å²) in [4.78, 5) is 11.0. The van der Waals surface area contributed by atoms with Crippen molar-refractivity contribution in [2.75, 3.05) is 0 Å². The minimum atomic E-state index is -1.47. The average Bonchev–Trinajstić information content (AvgIpc) is 3.93. The van der Waals surface area contributed by atoms with E-state index in [0.29, 0.717) is 34.5 Å². The molecule has 6 aromatic rings. The van der Waals surface area contributed by atoms with E-state index in [0.717, 1.165) is 0 Å². The van der Waals surface area contributed by atoms with E-state index in [4.69, 9.17) is 17.7 Å². The maximum absolute atomic E-state index is 11.2.